The highest BCUT2D eigenvalue weighted by Gasteiger charge is 2.37. The van der Waals surface area contributed by atoms with E-state index in [9.17, 15) is 4.79 Å². The van der Waals surface area contributed by atoms with Crippen molar-refractivity contribution in [3.63, 3.8) is 0 Å². The highest BCUT2D eigenvalue weighted by molar-refractivity contribution is 5.77. The van der Waals surface area contributed by atoms with Crippen molar-refractivity contribution in [2.75, 3.05) is 6.61 Å². The van der Waals surface area contributed by atoms with Crippen LogP contribution in [-0.2, 0) is 4.79 Å². The number of hydrogen-bond donors (Lipinski definition) is 3. The van der Waals surface area contributed by atoms with E-state index in [0.717, 1.165) is 19.3 Å². The monoisotopic (exact) mass is 200 g/mol. The Morgan fingerprint density at radius 1 is 1.64 bits per heavy atom. The van der Waals surface area contributed by atoms with Crippen LogP contribution >= 0.6 is 0 Å². The van der Waals surface area contributed by atoms with E-state index in [4.69, 9.17) is 10.8 Å². The molecule has 1 fully saturated rings. The molecule has 1 aliphatic carbocycles. The standard InChI is InChI=1S/C10H20N2O2/c1-8(11)3-4-9(14)12-10(7-13)5-2-6-10/h8,13H,2-7,11H2,1H3,(H,12,14). The number of carbonyl (C=O) groups excluding carboxylic acids is 1. The average Bonchev–Trinajstić information content (AvgIpc) is 2.08. The van der Waals surface area contributed by atoms with Gasteiger partial charge in [-0.2, -0.15) is 0 Å². The van der Waals surface area contributed by atoms with Crippen LogP contribution in [0.25, 0.3) is 0 Å². The zero-order valence-corrected chi connectivity index (χ0v) is 8.75. The molecular formula is C10H20N2O2. The summed E-state index contributed by atoms with van der Waals surface area (Å²) >= 11 is 0. The summed E-state index contributed by atoms with van der Waals surface area (Å²) < 4.78 is 0. The zero-order chi connectivity index (χ0) is 10.6. The lowest BCUT2D eigenvalue weighted by Crippen LogP contribution is -2.56. The Labute approximate surface area is 84.9 Å². The Morgan fingerprint density at radius 2 is 2.29 bits per heavy atom. The van der Waals surface area contributed by atoms with Crippen LogP contribution in [0.4, 0.5) is 0 Å². The third-order valence-electron chi connectivity index (χ3n) is 2.84. The first-order chi connectivity index (χ1) is 6.58. The lowest BCUT2D eigenvalue weighted by Gasteiger charge is -2.41. The van der Waals surface area contributed by atoms with Gasteiger partial charge in [-0.15, -0.1) is 0 Å². The van der Waals surface area contributed by atoms with Gasteiger partial charge in [-0.1, -0.05) is 0 Å². The molecule has 0 radical (unpaired) electrons. The van der Waals surface area contributed by atoms with Crippen molar-refractivity contribution in [1.82, 2.24) is 5.32 Å². The maximum absolute atomic E-state index is 11.4. The molecule has 0 aliphatic heterocycles. The maximum Gasteiger partial charge on any atom is 0.220 e. The summed E-state index contributed by atoms with van der Waals surface area (Å²) in [4.78, 5) is 11.4. The first-order valence-corrected chi connectivity index (χ1v) is 5.25. The SMILES string of the molecule is CC(N)CCC(=O)NC1(CO)CCC1. The number of carbonyl (C=O) groups is 1. The van der Waals surface area contributed by atoms with E-state index < -0.39 is 0 Å². The van der Waals surface area contributed by atoms with Crippen LogP contribution in [-0.4, -0.2) is 29.2 Å². The van der Waals surface area contributed by atoms with Gasteiger partial charge >= 0.3 is 0 Å². The summed E-state index contributed by atoms with van der Waals surface area (Å²) in [5.74, 6) is 0.0102. The van der Waals surface area contributed by atoms with E-state index in [1.807, 2.05) is 6.92 Å². The summed E-state index contributed by atoms with van der Waals surface area (Å²) in [6.45, 7) is 1.94. The number of rotatable bonds is 5. The molecule has 1 unspecified atom stereocenters. The smallest absolute Gasteiger partial charge is 0.220 e. The number of hydrogen-bond acceptors (Lipinski definition) is 3. The Balaban J connectivity index is 2.25. The Bertz CT molecular complexity index is 195. The molecule has 0 bridgehead atoms. The number of amides is 1. The van der Waals surface area contributed by atoms with Crippen molar-refractivity contribution in [3.05, 3.63) is 0 Å². The molecule has 0 heterocycles. The van der Waals surface area contributed by atoms with Gasteiger partial charge in [0.1, 0.15) is 0 Å². The van der Waals surface area contributed by atoms with Crippen molar-refractivity contribution in [2.45, 2.75) is 50.6 Å². The average molecular weight is 200 g/mol. The van der Waals surface area contributed by atoms with Gasteiger partial charge in [0.2, 0.25) is 5.91 Å². The van der Waals surface area contributed by atoms with Crippen molar-refractivity contribution < 1.29 is 9.90 Å². The molecule has 1 atom stereocenters. The van der Waals surface area contributed by atoms with Crippen LogP contribution in [0.5, 0.6) is 0 Å². The van der Waals surface area contributed by atoms with E-state index in [0.29, 0.717) is 12.8 Å². The molecule has 1 saturated carbocycles. The molecule has 4 N–H and O–H groups in total. The van der Waals surface area contributed by atoms with Crippen LogP contribution in [0, 0.1) is 0 Å². The minimum absolute atomic E-state index is 0.0102. The number of nitrogens with one attached hydrogen (secondary N) is 1. The molecule has 4 heteroatoms. The van der Waals surface area contributed by atoms with Gasteiger partial charge in [0, 0.05) is 12.5 Å². The molecule has 4 nitrogen and oxygen atoms in total. The lowest BCUT2D eigenvalue weighted by atomic mass is 9.77. The fraction of sp³-hybridized carbons (Fsp3) is 0.900. The Hall–Kier alpha value is -0.610. The van der Waals surface area contributed by atoms with Gasteiger partial charge < -0.3 is 16.2 Å². The minimum atomic E-state index is -0.311. The third-order valence-corrected chi connectivity index (χ3v) is 2.84. The highest BCUT2D eigenvalue weighted by Crippen LogP contribution is 2.31. The van der Waals surface area contributed by atoms with Gasteiger partial charge in [0.15, 0.2) is 0 Å². The van der Waals surface area contributed by atoms with E-state index in [1.165, 1.54) is 0 Å². The molecule has 0 saturated heterocycles. The third kappa shape index (κ3) is 2.96. The summed E-state index contributed by atoms with van der Waals surface area (Å²) in [5, 5.41) is 12.0. The number of aliphatic hydroxyl groups excluding tert-OH is 1. The van der Waals surface area contributed by atoms with Crippen molar-refractivity contribution in [3.8, 4) is 0 Å². The second-order valence-electron chi connectivity index (χ2n) is 4.36. The van der Waals surface area contributed by atoms with Crippen LogP contribution < -0.4 is 11.1 Å². The lowest BCUT2D eigenvalue weighted by molar-refractivity contribution is -0.125. The van der Waals surface area contributed by atoms with Gasteiger partial charge in [-0.05, 0) is 32.6 Å². The van der Waals surface area contributed by atoms with Crippen LogP contribution in [0.3, 0.4) is 0 Å². The van der Waals surface area contributed by atoms with Crippen molar-refractivity contribution >= 4 is 5.91 Å². The first kappa shape index (κ1) is 11.5. The van der Waals surface area contributed by atoms with Crippen molar-refractivity contribution in [2.24, 2.45) is 5.73 Å². The minimum Gasteiger partial charge on any atom is -0.394 e. The fourth-order valence-electron chi connectivity index (χ4n) is 1.64. The molecule has 1 rings (SSSR count). The molecule has 0 aromatic rings. The number of nitrogens with two attached hydrogens (primary N) is 1. The summed E-state index contributed by atoms with van der Waals surface area (Å²) in [6.07, 6.45) is 4.04. The van der Waals surface area contributed by atoms with Crippen LogP contribution in [0.15, 0.2) is 0 Å². The highest BCUT2D eigenvalue weighted by atomic mass is 16.3. The first-order valence-electron chi connectivity index (χ1n) is 5.25. The van der Waals surface area contributed by atoms with Crippen LogP contribution in [0.1, 0.15) is 39.0 Å². The van der Waals surface area contributed by atoms with Gasteiger partial charge in [0.25, 0.3) is 0 Å². The van der Waals surface area contributed by atoms with E-state index >= 15 is 0 Å². The second-order valence-corrected chi connectivity index (χ2v) is 4.36. The van der Waals surface area contributed by atoms with Gasteiger partial charge in [-0.25, -0.2) is 0 Å². The predicted octanol–water partition coefficient (Wildman–Crippen LogP) is 0.145. The number of aliphatic hydroxyl groups is 1. The van der Waals surface area contributed by atoms with E-state index in [2.05, 4.69) is 5.32 Å². The largest absolute Gasteiger partial charge is 0.394 e. The van der Waals surface area contributed by atoms with E-state index in [1.54, 1.807) is 0 Å². The predicted molar refractivity (Wildman–Crippen MR) is 54.7 cm³/mol. The summed E-state index contributed by atoms with van der Waals surface area (Å²) in [5.41, 5.74) is 5.24. The molecular weight excluding hydrogens is 180 g/mol. The fourth-order valence-corrected chi connectivity index (χ4v) is 1.64. The van der Waals surface area contributed by atoms with Gasteiger partial charge in [-0.3, -0.25) is 4.79 Å². The molecule has 0 aromatic carbocycles. The summed E-state index contributed by atoms with van der Waals surface area (Å²) in [7, 11) is 0. The molecule has 82 valence electrons. The van der Waals surface area contributed by atoms with Gasteiger partial charge in [0.05, 0.1) is 12.1 Å². The molecule has 0 spiro atoms. The zero-order valence-electron chi connectivity index (χ0n) is 8.75. The Morgan fingerprint density at radius 3 is 2.64 bits per heavy atom. The van der Waals surface area contributed by atoms with Crippen molar-refractivity contribution in [1.29, 1.82) is 0 Å². The normalized spacial score (nSPS) is 21.1. The van der Waals surface area contributed by atoms with Crippen LogP contribution in [0.2, 0.25) is 0 Å². The summed E-state index contributed by atoms with van der Waals surface area (Å²) in [6, 6.07) is 0.0622. The molecule has 1 amide bonds. The Kier molecular flexibility index (Phi) is 3.89. The van der Waals surface area contributed by atoms with E-state index in [-0.39, 0.29) is 24.1 Å². The topological polar surface area (TPSA) is 75.4 Å². The quantitative estimate of drug-likeness (QED) is 0.591. The molecule has 0 aromatic heterocycles. The maximum atomic E-state index is 11.4. The second kappa shape index (κ2) is 4.75. The molecule has 1 aliphatic rings. The molecule has 14 heavy (non-hydrogen) atoms.